The average Bonchev–Trinajstić information content (AvgIpc) is 3.25. The lowest BCUT2D eigenvalue weighted by atomic mass is 9.95. The lowest BCUT2D eigenvalue weighted by Crippen LogP contribution is -2.37. The number of fused-ring (bicyclic) bond motifs is 1. The lowest BCUT2D eigenvalue weighted by Gasteiger charge is -2.19. The first-order valence-electron chi connectivity index (χ1n) is 8.79. The summed E-state index contributed by atoms with van der Waals surface area (Å²) in [7, 11) is 1.39. The van der Waals surface area contributed by atoms with Crippen LogP contribution in [0.15, 0.2) is 70.5 Å². The Morgan fingerprint density at radius 3 is 2.62 bits per heavy atom. The largest absolute Gasteiger partial charge is 0.490 e. The van der Waals surface area contributed by atoms with E-state index in [9.17, 15) is 14.4 Å². The first-order chi connectivity index (χ1) is 14.1. The average molecular weight is 391 g/mol. The molecule has 0 spiro atoms. The molecule has 0 unspecified atom stereocenters. The molecule has 0 saturated carbocycles. The maximum Gasteiger partial charge on any atom is 0.260 e. The van der Waals surface area contributed by atoms with E-state index in [1.807, 2.05) is 35.2 Å². The van der Waals surface area contributed by atoms with Crippen LogP contribution in [0.2, 0.25) is 0 Å². The number of nitrogens with zero attached hydrogens (tertiary/aromatic N) is 1. The van der Waals surface area contributed by atoms with Gasteiger partial charge in [0.05, 0.1) is 19.2 Å². The second-order valence-electron chi connectivity index (χ2n) is 6.32. The maximum absolute atomic E-state index is 12.4. The smallest absolute Gasteiger partial charge is 0.260 e. The second kappa shape index (κ2) is 7.51. The predicted molar refractivity (Wildman–Crippen MR) is 105 cm³/mol. The molecule has 2 N–H and O–H groups in total. The van der Waals surface area contributed by atoms with E-state index in [1.54, 1.807) is 12.1 Å². The van der Waals surface area contributed by atoms with E-state index in [-0.39, 0.29) is 17.7 Å². The van der Waals surface area contributed by atoms with Crippen molar-refractivity contribution in [3.63, 3.8) is 0 Å². The Kier molecular flexibility index (Phi) is 4.74. The van der Waals surface area contributed by atoms with Crippen molar-refractivity contribution in [1.82, 2.24) is 15.2 Å². The third-order valence-electron chi connectivity index (χ3n) is 4.51. The molecular formula is C21H17N3O5. The van der Waals surface area contributed by atoms with Crippen LogP contribution in [0.25, 0.3) is 11.3 Å². The van der Waals surface area contributed by atoms with Crippen LogP contribution in [-0.2, 0) is 11.3 Å². The molecule has 0 aliphatic carbocycles. The summed E-state index contributed by atoms with van der Waals surface area (Å²) < 4.78 is 12.1. The number of benzene rings is 1. The van der Waals surface area contributed by atoms with Crippen molar-refractivity contribution in [2.24, 2.45) is 0 Å². The first-order valence-corrected chi connectivity index (χ1v) is 8.79. The zero-order valence-corrected chi connectivity index (χ0v) is 15.5. The van der Waals surface area contributed by atoms with Crippen LogP contribution in [0.5, 0.6) is 5.75 Å². The fourth-order valence-electron chi connectivity index (χ4n) is 3.06. The van der Waals surface area contributed by atoms with E-state index in [1.165, 1.54) is 25.6 Å². The Bertz CT molecular complexity index is 1180. The molecule has 2 aromatic heterocycles. The molecule has 2 amide bonds. The highest BCUT2D eigenvalue weighted by atomic mass is 16.5. The number of methoxy groups -OCH3 is 1. The number of hydrogen-bond acceptors (Lipinski definition) is 6. The SMILES string of the molecule is COc1coc(CN/C=C2\C(=O)NC(=O)c3ccc(-n4cccc4)cc32)cc1=O. The summed E-state index contributed by atoms with van der Waals surface area (Å²) in [5.41, 5.74) is 1.76. The number of hydrogen-bond donors (Lipinski definition) is 2. The van der Waals surface area contributed by atoms with Gasteiger partial charge in [-0.15, -0.1) is 0 Å². The van der Waals surface area contributed by atoms with E-state index in [0.717, 1.165) is 5.69 Å². The normalized spacial score (nSPS) is 14.4. The zero-order valence-electron chi connectivity index (χ0n) is 15.5. The van der Waals surface area contributed by atoms with Crippen LogP contribution >= 0.6 is 0 Å². The Hall–Kier alpha value is -4.07. The fourth-order valence-corrected chi connectivity index (χ4v) is 3.06. The molecule has 1 aromatic carbocycles. The van der Waals surface area contributed by atoms with Gasteiger partial charge in [-0.05, 0) is 30.3 Å². The molecule has 1 aliphatic rings. The van der Waals surface area contributed by atoms with Crippen LogP contribution in [0.3, 0.4) is 0 Å². The van der Waals surface area contributed by atoms with E-state index < -0.39 is 11.8 Å². The Balaban J connectivity index is 1.63. The van der Waals surface area contributed by atoms with Crippen molar-refractivity contribution in [3.05, 3.63) is 88.4 Å². The highest BCUT2D eigenvalue weighted by Crippen LogP contribution is 2.26. The maximum atomic E-state index is 12.4. The van der Waals surface area contributed by atoms with E-state index >= 15 is 0 Å². The molecule has 29 heavy (non-hydrogen) atoms. The van der Waals surface area contributed by atoms with Gasteiger partial charge in [-0.2, -0.15) is 0 Å². The standard InChI is InChI=1S/C21H17N3O5/c1-28-19-12-29-14(9-18(19)25)10-22-11-17-16-8-13(24-6-2-3-7-24)4-5-15(16)20(26)23-21(17)27/h2-9,11-12,22H,10H2,1H3,(H,23,26,27)/b17-11-. The molecule has 0 fully saturated rings. The van der Waals surface area contributed by atoms with Gasteiger partial charge in [0.15, 0.2) is 0 Å². The van der Waals surface area contributed by atoms with Crippen LogP contribution in [0, 0.1) is 0 Å². The van der Waals surface area contributed by atoms with Crippen molar-refractivity contribution in [2.75, 3.05) is 7.11 Å². The molecule has 0 bridgehead atoms. The van der Waals surface area contributed by atoms with Crippen LogP contribution < -0.4 is 20.8 Å². The van der Waals surface area contributed by atoms with E-state index in [4.69, 9.17) is 9.15 Å². The zero-order chi connectivity index (χ0) is 20.4. The monoisotopic (exact) mass is 391 g/mol. The van der Waals surface area contributed by atoms with Gasteiger partial charge in [0.25, 0.3) is 11.8 Å². The van der Waals surface area contributed by atoms with Crippen molar-refractivity contribution in [1.29, 1.82) is 0 Å². The molecule has 8 nitrogen and oxygen atoms in total. The summed E-state index contributed by atoms with van der Waals surface area (Å²) in [6.45, 7) is 0.177. The van der Waals surface area contributed by atoms with Crippen molar-refractivity contribution in [2.45, 2.75) is 6.54 Å². The van der Waals surface area contributed by atoms with Crippen LogP contribution in [0.4, 0.5) is 0 Å². The molecule has 1 aliphatic heterocycles. The van der Waals surface area contributed by atoms with E-state index in [2.05, 4.69) is 10.6 Å². The number of amides is 2. The Morgan fingerprint density at radius 1 is 1.10 bits per heavy atom. The topological polar surface area (TPSA) is 103 Å². The predicted octanol–water partition coefficient (Wildman–Crippen LogP) is 1.84. The van der Waals surface area contributed by atoms with Crippen molar-refractivity contribution >= 4 is 17.4 Å². The fraction of sp³-hybridized carbons (Fsp3) is 0.0952. The van der Waals surface area contributed by atoms with Gasteiger partial charge in [0.2, 0.25) is 11.2 Å². The number of aromatic nitrogens is 1. The summed E-state index contributed by atoms with van der Waals surface area (Å²) >= 11 is 0. The van der Waals surface area contributed by atoms with Gasteiger partial charge in [-0.1, -0.05) is 0 Å². The summed E-state index contributed by atoms with van der Waals surface area (Å²) in [6, 6.07) is 10.4. The van der Waals surface area contributed by atoms with Gasteiger partial charge in [0.1, 0.15) is 12.0 Å². The summed E-state index contributed by atoms with van der Waals surface area (Å²) in [5.74, 6) is -0.455. The molecule has 8 heteroatoms. The molecular weight excluding hydrogens is 374 g/mol. The minimum Gasteiger partial charge on any atom is -0.490 e. The Morgan fingerprint density at radius 2 is 1.90 bits per heavy atom. The van der Waals surface area contributed by atoms with Gasteiger partial charge in [-0.25, -0.2) is 0 Å². The Labute approximate surface area is 165 Å². The van der Waals surface area contributed by atoms with Gasteiger partial charge in [-0.3, -0.25) is 19.7 Å². The molecule has 146 valence electrons. The second-order valence-corrected chi connectivity index (χ2v) is 6.32. The number of rotatable bonds is 5. The summed E-state index contributed by atoms with van der Waals surface area (Å²) in [6.07, 6.45) is 6.49. The number of nitrogens with one attached hydrogen (secondary N) is 2. The van der Waals surface area contributed by atoms with Gasteiger partial charge >= 0.3 is 0 Å². The van der Waals surface area contributed by atoms with Crippen LogP contribution in [-0.4, -0.2) is 23.5 Å². The number of carbonyl (C=O) groups excluding carboxylic acids is 2. The number of carbonyl (C=O) groups is 2. The summed E-state index contributed by atoms with van der Waals surface area (Å²) in [5, 5.41) is 5.29. The van der Waals surface area contributed by atoms with Gasteiger partial charge in [0, 0.05) is 41.5 Å². The molecule has 3 aromatic rings. The number of imide groups is 1. The minimum absolute atomic E-state index is 0.115. The lowest BCUT2D eigenvalue weighted by molar-refractivity contribution is -0.114. The molecule has 4 rings (SSSR count). The third-order valence-corrected chi connectivity index (χ3v) is 4.51. The van der Waals surface area contributed by atoms with Crippen LogP contribution in [0.1, 0.15) is 21.7 Å². The van der Waals surface area contributed by atoms with E-state index in [0.29, 0.717) is 22.5 Å². The quantitative estimate of drug-likeness (QED) is 0.508. The first kappa shape index (κ1) is 18.3. The molecule has 3 heterocycles. The molecule has 0 atom stereocenters. The molecule has 0 saturated heterocycles. The number of ether oxygens (including phenoxy) is 1. The highest BCUT2D eigenvalue weighted by Gasteiger charge is 2.27. The summed E-state index contributed by atoms with van der Waals surface area (Å²) in [4.78, 5) is 36.4. The van der Waals surface area contributed by atoms with Crippen molar-refractivity contribution < 1.29 is 18.7 Å². The van der Waals surface area contributed by atoms with Gasteiger partial charge < -0.3 is 19.0 Å². The minimum atomic E-state index is -0.504. The third kappa shape index (κ3) is 3.55. The molecule has 0 radical (unpaired) electrons. The highest BCUT2D eigenvalue weighted by molar-refractivity contribution is 6.31. The van der Waals surface area contributed by atoms with Crippen molar-refractivity contribution in [3.8, 4) is 11.4 Å².